The van der Waals surface area contributed by atoms with Crippen molar-refractivity contribution in [2.24, 2.45) is 0 Å². The smallest absolute Gasteiger partial charge is 0.336 e. The lowest BCUT2D eigenvalue weighted by molar-refractivity contribution is -0.118. The number of benzene rings is 1. The van der Waals surface area contributed by atoms with Gasteiger partial charge in [0, 0.05) is 23.6 Å². The van der Waals surface area contributed by atoms with Crippen LogP contribution < -0.4 is 15.7 Å². The third kappa shape index (κ3) is 4.32. The monoisotopic (exact) mass is 417 g/mol. The number of anilines is 1. The minimum Gasteiger partial charge on any atom is -0.484 e. The molecule has 1 aliphatic rings. The van der Waals surface area contributed by atoms with Crippen molar-refractivity contribution in [1.82, 2.24) is 9.78 Å². The first-order chi connectivity index (χ1) is 13.8. The van der Waals surface area contributed by atoms with E-state index in [1.165, 1.54) is 6.07 Å². The molecule has 152 valence electrons. The van der Waals surface area contributed by atoms with E-state index < -0.39 is 21.4 Å². The van der Waals surface area contributed by atoms with Crippen molar-refractivity contribution < 1.29 is 22.4 Å². The molecule has 1 atom stereocenters. The van der Waals surface area contributed by atoms with Gasteiger partial charge in [-0.25, -0.2) is 17.9 Å². The van der Waals surface area contributed by atoms with Crippen LogP contribution in [0.5, 0.6) is 5.75 Å². The standard InChI is InChI=1S/C19H19N3O6S/c1-12-8-17(22(21-12)14-6-7-29(25,26)11-14)20-18(23)10-27-15-4-2-13-3-5-19(24)28-16(13)9-15/h2-5,8-9,14H,6-7,10-11H2,1H3,(H,20,23)/t14-/m1/s1. The van der Waals surface area contributed by atoms with Crippen molar-refractivity contribution in [3.63, 3.8) is 0 Å². The van der Waals surface area contributed by atoms with Gasteiger partial charge in [0.1, 0.15) is 17.2 Å². The number of aryl methyl sites for hydroxylation is 1. The van der Waals surface area contributed by atoms with Gasteiger partial charge in [-0.15, -0.1) is 0 Å². The highest BCUT2D eigenvalue weighted by Gasteiger charge is 2.31. The molecule has 0 aliphatic carbocycles. The van der Waals surface area contributed by atoms with Gasteiger partial charge in [-0.1, -0.05) is 0 Å². The van der Waals surface area contributed by atoms with Crippen LogP contribution in [0.1, 0.15) is 18.2 Å². The number of hydrogen-bond donors (Lipinski definition) is 1. The molecule has 1 saturated heterocycles. The predicted molar refractivity (Wildman–Crippen MR) is 106 cm³/mol. The van der Waals surface area contributed by atoms with Crippen molar-refractivity contribution >= 4 is 32.5 Å². The molecule has 29 heavy (non-hydrogen) atoms. The van der Waals surface area contributed by atoms with Gasteiger partial charge >= 0.3 is 5.63 Å². The summed E-state index contributed by atoms with van der Waals surface area (Å²) in [5.41, 5.74) is 0.576. The molecule has 4 rings (SSSR count). The Morgan fingerprint density at radius 1 is 1.31 bits per heavy atom. The molecule has 3 heterocycles. The molecule has 0 saturated carbocycles. The molecule has 3 aromatic rings. The molecule has 1 fully saturated rings. The Morgan fingerprint density at radius 2 is 2.10 bits per heavy atom. The van der Waals surface area contributed by atoms with Crippen LogP contribution >= 0.6 is 0 Å². The fourth-order valence-corrected chi connectivity index (χ4v) is 5.01. The summed E-state index contributed by atoms with van der Waals surface area (Å²) in [6.45, 7) is 1.50. The van der Waals surface area contributed by atoms with Gasteiger partial charge in [0.2, 0.25) is 0 Å². The van der Waals surface area contributed by atoms with Gasteiger partial charge in [0.15, 0.2) is 16.4 Å². The lowest BCUT2D eigenvalue weighted by Crippen LogP contribution is -2.23. The number of hydrogen-bond acceptors (Lipinski definition) is 7. The van der Waals surface area contributed by atoms with E-state index in [1.54, 1.807) is 41.9 Å². The summed E-state index contributed by atoms with van der Waals surface area (Å²) in [7, 11) is -3.08. The number of ether oxygens (including phenoxy) is 1. The average molecular weight is 417 g/mol. The van der Waals surface area contributed by atoms with Crippen LogP contribution in [0.25, 0.3) is 11.0 Å². The topological polar surface area (TPSA) is 120 Å². The molecule has 2 aromatic heterocycles. The van der Waals surface area contributed by atoms with E-state index in [0.717, 1.165) is 5.39 Å². The maximum Gasteiger partial charge on any atom is 0.336 e. The third-order valence-electron chi connectivity index (χ3n) is 4.64. The summed E-state index contributed by atoms with van der Waals surface area (Å²) >= 11 is 0. The molecule has 0 spiro atoms. The van der Waals surface area contributed by atoms with Crippen molar-refractivity contribution in [1.29, 1.82) is 0 Å². The Balaban J connectivity index is 1.43. The number of aromatic nitrogens is 2. The highest BCUT2D eigenvalue weighted by molar-refractivity contribution is 7.91. The zero-order valence-electron chi connectivity index (χ0n) is 15.6. The highest BCUT2D eigenvalue weighted by Crippen LogP contribution is 2.27. The first kappa shape index (κ1) is 19.2. The Bertz CT molecular complexity index is 1240. The van der Waals surface area contributed by atoms with Gasteiger partial charge in [0.25, 0.3) is 5.91 Å². The maximum absolute atomic E-state index is 12.3. The number of carbonyl (C=O) groups is 1. The van der Waals surface area contributed by atoms with E-state index in [-0.39, 0.29) is 24.2 Å². The average Bonchev–Trinajstić information content (AvgIpc) is 3.21. The van der Waals surface area contributed by atoms with Crippen molar-refractivity contribution in [3.8, 4) is 5.75 Å². The molecular formula is C19H19N3O6S. The zero-order valence-corrected chi connectivity index (χ0v) is 16.4. The Hall–Kier alpha value is -3.14. The highest BCUT2D eigenvalue weighted by atomic mass is 32.2. The van der Waals surface area contributed by atoms with E-state index in [1.807, 2.05) is 0 Å². The summed E-state index contributed by atoms with van der Waals surface area (Å²) in [5, 5.41) is 7.79. The first-order valence-corrected chi connectivity index (χ1v) is 10.8. The largest absolute Gasteiger partial charge is 0.484 e. The van der Waals surface area contributed by atoms with Crippen LogP contribution in [-0.4, -0.2) is 42.2 Å². The van der Waals surface area contributed by atoms with E-state index in [2.05, 4.69) is 10.4 Å². The summed E-state index contributed by atoms with van der Waals surface area (Å²) in [6.07, 6.45) is 0.463. The quantitative estimate of drug-likeness (QED) is 0.627. The molecule has 1 aromatic carbocycles. The summed E-state index contributed by atoms with van der Waals surface area (Å²) in [4.78, 5) is 23.7. The second-order valence-electron chi connectivity index (χ2n) is 6.96. The maximum atomic E-state index is 12.3. The Kier molecular flexibility index (Phi) is 4.87. The first-order valence-electron chi connectivity index (χ1n) is 9.02. The SMILES string of the molecule is Cc1cc(NC(=O)COc2ccc3ccc(=O)oc3c2)n([C@@H]2CCS(=O)(=O)C2)n1. The van der Waals surface area contributed by atoms with Crippen LogP contribution in [0.2, 0.25) is 0 Å². The van der Waals surface area contributed by atoms with Crippen LogP contribution in [0.3, 0.4) is 0 Å². The number of fused-ring (bicyclic) bond motifs is 1. The van der Waals surface area contributed by atoms with E-state index in [4.69, 9.17) is 9.15 Å². The fourth-order valence-electron chi connectivity index (χ4n) is 3.32. The summed E-state index contributed by atoms with van der Waals surface area (Å²) in [5.74, 6) is 0.527. The van der Waals surface area contributed by atoms with Gasteiger partial charge in [0.05, 0.1) is 23.2 Å². The molecular weight excluding hydrogens is 398 g/mol. The van der Waals surface area contributed by atoms with Crippen LogP contribution in [0.4, 0.5) is 5.82 Å². The van der Waals surface area contributed by atoms with E-state index in [0.29, 0.717) is 29.3 Å². The molecule has 1 N–H and O–H groups in total. The van der Waals surface area contributed by atoms with Gasteiger partial charge < -0.3 is 14.5 Å². The third-order valence-corrected chi connectivity index (χ3v) is 6.39. The fraction of sp³-hybridized carbons (Fsp3) is 0.316. The molecule has 10 heteroatoms. The molecule has 0 unspecified atom stereocenters. The van der Waals surface area contributed by atoms with Crippen molar-refractivity contribution in [2.75, 3.05) is 23.4 Å². The lowest BCUT2D eigenvalue weighted by Gasteiger charge is -2.14. The molecule has 0 bridgehead atoms. The van der Waals surface area contributed by atoms with Crippen molar-refractivity contribution in [2.45, 2.75) is 19.4 Å². The number of nitrogens with one attached hydrogen (secondary N) is 1. The number of amides is 1. The molecule has 9 nitrogen and oxygen atoms in total. The number of sulfone groups is 1. The number of carbonyl (C=O) groups excluding carboxylic acids is 1. The number of nitrogens with zero attached hydrogens (tertiary/aromatic N) is 2. The zero-order chi connectivity index (χ0) is 20.6. The van der Waals surface area contributed by atoms with Crippen LogP contribution in [0, 0.1) is 6.92 Å². The Morgan fingerprint density at radius 3 is 2.86 bits per heavy atom. The minimum atomic E-state index is -3.08. The molecule has 1 aliphatic heterocycles. The van der Waals surface area contributed by atoms with Crippen molar-refractivity contribution in [3.05, 3.63) is 52.5 Å². The minimum absolute atomic E-state index is 0.00970. The predicted octanol–water partition coefficient (Wildman–Crippen LogP) is 1.68. The normalized spacial score (nSPS) is 18.0. The summed E-state index contributed by atoms with van der Waals surface area (Å²) < 4.78 is 35.7. The van der Waals surface area contributed by atoms with Gasteiger partial charge in [-0.05, 0) is 31.5 Å². The van der Waals surface area contributed by atoms with Gasteiger partial charge in [-0.3, -0.25) is 4.79 Å². The second kappa shape index (κ2) is 7.36. The molecule has 0 radical (unpaired) electrons. The van der Waals surface area contributed by atoms with Gasteiger partial charge in [-0.2, -0.15) is 5.10 Å². The molecule has 1 amide bonds. The Labute approximate surface area is 166 Å². The van der Waals surface area contributed by atoms with Crippen LogP contribution in [0.15, 0.2) is 45.6 Å². The van der Waals surface area contributed by atoms with E-state index >= 15 is 0 Å². The summed E-state index contributed by atoms with van der Waals surface area (Å²) in [6, 6.07) is 9.31. The lowest BCUT2D eigenvalue weighted by atomic mass is 10.2. The van der Waals surface area contributed by atoms with E-state index in [9.17, 15) is 18.0 Å². The second-order valence-corrected chi connectivity index (χ2v) is 9.19. The number of rotatable bonds is 5. The van der Waals surface area contributed by atoms with Crippen LogP contribution in [-0.2, 0) is 14.6 Å².